The second kappa shape index (κ2) is 5.93. The lowest BCUT2D eigenvalue weighted by Gasteiger charge is -2.35. The van der Waals surface area contributed by atoms with Gasteiger partial charge >= 0.3 is 0 Å². The SMILES string of the molecule is NCc1ccnc(N2CCCCC2CCO)n1. The summed E-state index contributed by atoms with van der Waals surface area (Å²) in [6.07, 6.45) is 6.04. The Labute approximate surface area is 102 Å². The van der Waals surface area contributed by atoms with Gasteiger partial charge in [-0.2, -0.15) is 0 Å². The zero-order valence-electron chi connectivity index (χ0n) is 10.0. The molecular formula is C12H20N4O. The molecule has 1 aromatic rings. The number of anilines is 1. The molecule has 1 aromatic heterocycles. The highest BCUT2D eigenvalue weighted by molar-refractivity contribution is 5.32. The van der Waals surface area contributed by atoms with Crippen LogP contribution >= 0.6 is 0 Å². The summed E-state index contributed by atoms with van der Waals surface area (Å²) in [6.45, 7) is 1.63. The molecule has 1 atom stereocenters. The molecule has 0 bridgehead atoms. The van der Waals surface area contributed by atoms with Crippen LogP contribution in [0.3, 0.4) is 0 Å². The van der Waals surface area contributed by atoms with Crippen molar-refractivity contribution in [3.8, 4) is 0 Å². The second-order valence-electron chi connectivity index (χ2n) is 4.41. The Morgan fingerprint density at radius 2 is 2.35 bits per heavy atom. The van der Waals surface area contributed by atoms with E-state index in [1.54, 1.807) is 6.20 Å². The minimum Gasteiger partial charge on any atom is -0.396 e. The molecule has 1 aliphatic rings. The van der Waals surface area contributed by atoms with Gasteiger partial charge in [0.1, 0.15) is 0 Å². The topological polar surface area (TPSA) is 75.3 Å². The average molecular weight is 236 g/mol. The van der Waals surface area contributed by atoms with Crippen molar-refractivity contribution in [1.82, 2.24) is 9.97 Å². The Morgan fingerprint density at radius 1 is 1.47 bits per heavy atom. The van der Waals surface area contributed by atoms with E-state index in [4.69, 9.17) is 10.8 Å². The van der Waals surface area contributed by atoms with Gasteiger partial charge in [0.25, 0.3) is 0 Å². The van der Waals surface area contributed by atoms with Gasteiger partial charge in [-0.1, -0.05) is 0 Å². The Bertz CT molecular complexity index is 356. The minimum atomic E-state index is 0.220. The van der Waals surface area contributed by atoms with Crippen LogP contribution in [0, 0.1) is 0 Å². The molecule has 0 saturated carbocycles. The van der Waals surface area contributed by atoms with Gasteiger partial charge in [0.15, 0.2) is 0 Å². The maximum atomic E-state index is 9.10. The van der Waals surface area contributed by atoms with Crippen molar-refractivity contribution >= 4 is 5.95 Å². The Morgan fingerprint density at radius 3 is 3.12 bits per heavy atom. The molecule has 2 rings (SSSR count). The van der Waals surface area contributed by atoms with E-state index in [9.17, 15) is 0 Å². The average Bonchev–Trinajstić information content (AvgIpc) is 2.40. The monoisotopic (exact) mass is 236 g/mol. The summed E-state index contributed by atoms with van der Waals surface area (Å²) in [5.74, 6) is 0.756. The van der Waals surface area contributed by atoms with Crippen LogP contribution in [0.4, 0.5) is 5.95 Å². The van der Waals surface area contributed by atoms with Gasteiger partial charge in [-0.3, -0.25) is 0 Å². The highest BCUT2D eigenvalue weighted by atomic mass is 16.3. The molecule has 3 N–H and O–H groups in total. The normalized spacial score (nSPS) is 20.6. The summed E-state index contributed by atoms with van der Waals surface area (Å²) in [5.41, 5.74) is 6.46. The molecule has 1 saturated heterocycles. The standard InChI is InChI=1S/C12H20N4O/c13-9-10-4-6-14-12(15-10)16-7-2-1-3-11(16)5-8-17/h4,6,11,17H,1-3,5,7-9,13H2. The van der Waals surface area contributed by atoms with Crippen molar-refractivity contribution in [3.05, 3.63) is 18.0 Å². The Kier molecular flexibility index (Phi) is 4.28. The predicted octanol–water partition coefficient (Wildman–Crippen LogP) is 0.677. The lowest BCUT2D eigenvalue weighted by Crippen LogP contribution is -2.41. The van der Waals surface area contributed by atoms with Crippen LogP contribution in [-0.4, -0.2) is 34.3 Å². The number of nitrogens with two attached hydrogens (primary N) is 1. The molecule has 0 spiro atoms. The molecule has 1 aliphatic heterocycles. The first-order valence-corrected chi connectivity index (χ1v) is 6.24. The minimum absolute atomic E-state index is 0.220. The van der Waals surface area contributed by atoms with Crippen molar-refractivity contribution in [1.29, 1.82) is 0 Å². The van der Waals surface area contributed by atoms with Crippen molar-refractivity contribution in [2.75, 3.05) is 18.1 Å². The van der Waals surface area contributed by atoms with Crippen LogP contribution in [0.1, 0.15) is 31.4 Å². The third-order valence-electron chi connectivity index (χ3n) is 3.26. The van der Waals surface area contributed by atoms with Crippen LogP contribution in [0.2, 0.25) is 0 Å². The molecule has 1 fully saturated rings. The fraction of sp³-hybridized carbons (Fsp3) is 0.667. The number of aromatic nitrogens is 2. The third kappa shape index (κ3) is 2.92. The van der Waals surface area contributed by atoms with Crippen molar-refractivity contribution in [2.24, 2.45) is 5.73 Å². The summed E-state index contributed by atoms with van der Waals surface area (Å²) in [5, 5.41) is 9.10. The first-order valence-electron chi connectivity index (χ1n) is 6.24. The van der Waals surface area contributed by atoms with Gasteiger partial charge in [-0.15, -0.1) is 0 Å². The van der Waals surface area contributed by atoms with Crippen LogP contribution in [0.5, 0.6) is 0 Å². The van der Waals surface area contributed by atoms with E-state index in [0.29, 0.717) is 12.6 Å². The van der Waals surface area contributed by atoms with Gasteiger partial charge in [-0.25, -0.2) is 9.97 Å². The number of piperidine rings is 1. The van der Waals surface area contributed by atoms with Crippen LogP contribution in [-0.2, 0) is 6.54 Å². The molecule has 94 valence electrons. The molecule has 5 nitrogen and oxygen atoms in total. The highest BCUT2D eigenvalue weighted by Gasteiger charge is 2.23. The first kappa shape index (κ1) is 12.3. The molecule has 5 heteroatoms. The zero-order chi connectivity index (χ0) is 12.1. The molecule has 0 aromatic carbocycles. The Balaban J connectivity index is 2.16. The zero-order valence-corrected chi connectivity index (χ0v) is 10.0. The quantitative estimate of drug-likeness (QED) is 0.804. The molecule has 0 radical (unpaired) electrons. The van der Waals surface area contributed by atoms with Crippen molar-refractivity contribution in [3.63, 3.8) is 0 Å². The number of hydrogen-bond acceptors (Lipinski definition) is 5. The van der Waals surface area contributed by atoms with Gasteiger partial charge in [-0.05, 0) is 31.7 Å². The lowest BCUT2D eigenvalue weighted by molar-refractivity contribution is 0.261. The Hall–Kier alpha value is -1.20. The van der Waals surface area contributed by atoms with Crippen LogP contribution in [0.25, 0.3) is 0 Å². The smallest absolute Gasteiger partial charge is 0.225 e. The van der Waals surface area contributed by atoms with Crippen LogP contribution < -0.4 is 10.6 Å². The second-order valence-corrected chi connectivity index (χ2v) is 4.41. The molecular weight excluding hydrogens is 216 g/mol. The summed E-state index contributed by atoms with van der Waals surface area (Å²) in [4.78, 5) is 11.0. The maximum absolute atomic E-state index is 9.10. The van der Waals surface area contributed by atoms with Crippen molar-refractivity contribution < 1.29 is 5.11 Å². The molecule has 17 heavy (non-hydrogen) atoms. The fourth-order valence-electron chi connectivity index (χ4n) is 2.35. The largest absolute Gasteiger partial charge is 0.396 e. The number of rotatable bonds is 4. The summed E-state index contributed by atoms with van der Waals surface area (Å²) >= 11 is 0. The van der Waals surface area contributed by atoms with E-state index in [1.807, 2.05) is 6.07 Å². The molecule has 0 aliphatic carbocycles. The van der Waals surface area contributed by atoms with Gasteiger partial charge in [0.05, 0.1) is 5.69 Å². The van der Waals surface area contributed by atoms with Gasteiger partial charge in [0, 0.05) is 31.9 Å². The lowest BCUT2D eigenvalue weighted by atomic mass is 10.0. The number of hydrogen-bond donors (Lipinski definition) is 2. The maximum Gasteiger partial charge on any atom is 0.225 e. The van der Waals surface area contributed by atoms with Gasteiger partial charge in [0.2, 0.25) is 5.95 Å². The summed E-state index contributed by atoms with van der Waals surface area (Å²) in [6, 6.07) is 2.20. The number of aliphatic hydroxyl groups is 1. The third-order valence-corrected chi connectivity index (χ3v) is 3.26. The first-order chi connectivity index (χ1) is 8.35. The van der Waals surface area contributed by atoms with E-state index in [-0.39, 0.29) is 6.61 Å². The number of nitrogens with zero attached hydrogens (tertiary/aromatic N) is 3. The highest BCUT2D eigenvalue weighted by Crippen LogP contribution is 2.23. The molecule has 2 heterocycles. The van der Waals surface area contributed by atoms with E-state index in [0.717, 1.165) is 37.4 Å². The van der Waals surface area contributed by atoms with Gasteiger partial charge < -0.3 is 15.7 Å². The van der Waals surface area contributed by atoms with Crippen LogP contribution in [0.15, 0.2) is 12.3 Å². The summed E-state index contributed by atoms with van der Waals surface area (Å²) in [7, 11) is 0. The van der Waals surface area contributed by atoms with E-state index in [1.165, 1.54) is 6.42 Å². The van der Waals surface area contributed by atoms with Crippen molar-refractivity contribution in [2.45, 2.75) is 38.3 Å². The number of aliphatic hydroxyl groups excluding tert-OH is 1. The fourth-order valence-corrected chi connectivity index (χ4v) is 2.35. The summed E-state index contributed by atoms with van der Waals surface area (Å²) < 4.78 is 0. The molecule has 1 unspecified atom stereocenters. The van der Waals surface area contributed by atoms with E-state index in [2.05, 4.69) is 14.9 Å². The van der Waals surface area contributed by atoms with E-state index < -0.39 is 0 Å². The van der Waals surface area contributed by atoms with E-state index >= 15 is 0 Å². The predicted molar refractivity (Wildman–Crippen MR) is 66.6 cm³/mol. The molecule has 0 amide bonds.